The zero-order valence-electron chi connectivity index (χ0n) is 13.8. The van der Waals surface area contributed by atoms with Crippen LogP contribution in [0.1, 0.15) is 38.3 Å². The Bertz CT molecular complexity index is 698. The summed E-state index contributed by atoms with van der Waals surface area (Å²) in [6.07, 6.45) is 4.69. The Balaban J connectivity index is 1.88. The molecule has 0 bridgehead atoms. The zero-order chi connectivity index (χ0) is 16.2. The summed E-state index contributed by atoms with van der Waals surface area (Å²) in [6.45, 7) is 4.22. The second kappa shape index (κ2) is 6.99. The lowest BCUT2D eigenvalue weighted by Gasteiger charge is -2.35. The first kappa shape index (κ1) is 15.8. The SMILES string of the molecule is CCc1cc(N2CCCC(CCC(N)=O)C2)c2ccccc2n1. The topological polar surface area (TPSA) is 59.2 Å². The number of hydrogen-bond donors (Lipinski definition) is 1. The van der Waals surface area contributed by atoms with Gasteiger partial charge in [-0.1, -0.05) is 25.1 Å². The number of anilines is 1. The van der Waals surface area contributed by atoms with Crippen LogP contribution in [-0.2, 0) is 11.2 Å². The minimum absolute atomic E-state index is 0.190. The maximum atomic E-state index is 11.1. The largest absolute Gasteiger partial charge is 0.371 e. The van der Waals surface area contributed by atoms with E-state index < -0.39 is 0 Å². The maximum Gasteiger partial charge on any atom is 0.217 e. The van der Waals surface area contributed by atoms with Crippen molar-refractivity contribution >= 4 is 22.5 Å². The summed E-state index contributed by atoms with van der Waals surface area (Å²) in [7, 11) is 0. The van der Waals surface area contributed by atoms with Gasteiger partial charge in [0.15, 0.2) is 0 Å². The highest BCUT2D eigenvalue weighted by molar-refractivity contribution is 5.92. The van der Waals surface area contributed by atoms with Crippen LogP contribution >= 0.6 is 0 Å². The average Bonchev–Trinajstić information content (AvgIpc) is 2.59. The third-order valence-electron chi connectivity index (χ3n) is 4.77. The molecular formula is C19H25N3O. The molecule has 4 nitrogen and oxygen atoms in total. The molecule has 2 N–H and O–H groups in total. The van der Waals surface area contributed by atoms with Crippen LogP contribution < -0.4 is 10.6 Å². The van der Waals surface area contributed by atoms with Crippen molar-refractivity contribution in [1.29, 1.82) is 0 Å². The van der Waals surface area contributed by atoms with Crippen LogP contribution in [-0.4, -0.2) is 24.0 Å². The number of primary amides is 1. The number of para-hydroxylation sites is 1. The number of hydrogen-bond acceptors (Lipinski definition) is 3. The van der Waals surface area contributed by atoms with Gasteiger partial charge in [-0.15, -0.1) is 0 Å². The second-order valence-electron chi connectivity index (χ2n) is 6.46. The van der Waals surface area contributed by atoms with Gasteiger partial charge in [-0.25, -0.2) is 0 Å². The molecule has 1 aromatic heterocycles. The van der Waals surface area contributed by atoms with E-state index in [9.17, 15) is 4.79 Å². The number of fused-ring (bicyclic) bond motifs is 1. The van der Waals surface area contributed by atoms with Crippen molar-refractivity contribution in [3.63, 3.8) is 0 Å². The number of pyridine rings is 1. The Labute approximate surface area is 137 Å². The molecular weight excluding hydrogens is 286 g/mol. The molecule has 0 radical (unpaired) electrons. The van der Waals surface area contributed by atoms with Gasteiger partial charge in [0.1, 0.15) is 0 Å². The van der Waals surface area contributed by atoms with Crippen molar-refractivity contribution in [2.45, 2.75) is 39.0 Å². The quantitative estimate of drug-likeness (QED) is 0.922. The third kappa shape index (κ3) is 3.63. The van der Waals surface area contributed by atoms with E-state index in [1.807, 2.05) is 6.07 Å². The van der Waals surface area contributed by atoms with E-state index in [-0.39, 0.29) is 5.91 Å². The molecule has 1 amide bonds. The van der Waals surface area contributed by atoms with E-state index in [2.05, 4.69) is 36.1 Å². The first-order valence-electron chi connectivity index (χ1n) is 8.59. The minimum atomic E-state index is -0.190. The van der Waals surface area contributed by atoms with Gasteiger partial charge in [0.25, 0.3) is 0 Å². The molecule has 1 aliphatic heterocycles. The number of aryl methyl sites for hydroxylation is 1. The summed E-state index contributed by atoms with van der Waals surface area (Å²) in [4.78, 5) is 18.3. The van der Waals surface area contributed by atoms with Crippen LogP contribution in [0.3, 0.4) is 0 Å². The Morgan fingerprint density at radius 2 is 2.22 bits per heavy atom. The van der Waals surface area contributed by atoms with Gasteiger partial charge in [-0.05, 0) is 43.7 Å². The van der Waals surface area contributed by atoms with Gasteiger partial charge in [-0.3, -0.25) is 9.78 Å². The lowest BCUT2D eigenvalue weighted by Crippen LogP contribution is -2.36. The monoisotopic (exact) mass is 311 g/mol. The van der Waals surface area contributed by atoms with Gasteiger partial charge in [0.2, 0.25) is 5.91 Å². The fraction of sp³-hybridized carbons (Fsp3) is 0.474. The first-order valence-corrected chi connectivity index (χ1v) is 8.59. The number of amides is 1. The fourth-order valence-electron chi connectivity index (χ4n) is 3.52. The van der Waals surface area contributed by atoms with E-state index in [0.29, 0.717) is 12.3 Å². The Kier molecular flexibility index (Phi) is 4.79. The van der Waals surface area contributed by atoms with Crippen molar-refractivity contribution in [3.05, 3.63) is 36.0 Å². The molecule has 1 unspecified atom stereocenters. The molecule has 1 atom stereocenters. The highest BCUT2D eigenvalue weighted by Crippen LogP contribution is 2.31. The summed E-state index contributed by atoms with van der Waals surface area (Å²) < 4.78 is 0. The maximum absolute atomic E-state index is 11.1. The van der Waals surface area contributed by atoms with Crippen molar-refractivity contribution in [3.8, 4) is 0 Å². The molecule has 2 aromatic rings. The molecule has 1 fully saturated rings. The number of nitrogens with zero attached hydrogens (tertiary/aromatic N) is 2. The van der Waals surface area contributed by atoms with E-state index in [4.69, 9.17) is 10.7 Å². The van der Waals surface area contributed by atoms with Crippen LogP contribution in [0.15, 0.2) is 30.3 Å². The molecule has 3 rings (SSSR count). The average molecular weight is 311 g/mol. The summed E-state index contributed by atoms with van der Waals surface area (Å²) >= 11 is 0. The van der Waals surface area contributed by atoms with Gasteiger partial charge in [0.05, 0.1) is 5.52 Å². The van der Waals surface area contributed by atoms with Gasteiger partial charge in [-0.2, -0.15) is 0 Å². The number of carbonyl (C=O) groups excluding carboxylic acids is 1. The summed E-state index contributed by atoms with van der Waals surface area (Å²) in [5, 5.41) is 1.22. The molecule has 23 heavy (non-hydrogen) atoms. The van der Waals surface area contributed by atoms with Gasteiger partial charge < -0.3 is 10.6 Å². The predicted octanol–water partition coefficient (Wildman–Crippen LogP) is 3.28. The third-order valence-corrected chi connectivity index (χ3v) is 4.77. The van der Waals surface area contributed by atoms with Gasteiger partial charge in [0, 0.05) is 36.3 Å². The highest BCUT2D eigenvalue weighted by atomic mass is 16.1. The lowest BCUT2D eigenvalue weighted by atomic mass is 9.92. The van der Waals surface area contributed by atoms with Crippen LogP contribution in [0.5, 0.6) is 0 Å². The van der Waals surface area contributed by atoms with Crippen molar-refractivity contribution in [2.75, 3.05) is 18.0 Å². The Hall–Kier alpha value is -2.10. The Morgan fingerprint density at radius 3 is 3.00 bits per heavy atom. The van der Waals surface area contributed by atoms with E-state index in [1.165, 1.54) is 23.9 Å². The number of piperidine rings is 1. The number of benzene rings is 1. The lowest BCUT2D eigenvalue weighted by molar-refractivity contribution is -0.118. The molecule has 2 heterocycles. The number of nitrogens with two attached hydrogens (primary N) is 1. The van der Waals surface area contributed by atoms with Crippen LogP contribution in [0.25, 0.3) is 10.9 Å². The van der Waals surface area contributed by atoms with E-state index >= 15 is 0 Å². The molecule has 122 valence electrons. The minimum Gasteiger partial charge on any atom is -0.371 e. The van der Waals surface area contributed by atoms with Crippen molar-refractivity contribution in [2.24, 2.45) is 11.7 Å². The van der Waals surface area contributed by atoms with E-state index in [1.54, 1.807) is 0 Å². The zero-order valence-corrected chi connectivity index (χ0v) is 13.8. The molecule has 4 heteroatoms. The molecule has 0 aliphatic carbocycles. The normalized spacial score (nSPS) is 18.3. The predicted molar refractivity (Wildman–Crippen MR) is 94.5 cm³/mol. The number of aromatic nitrogens is 1. The molecule has 0 saturated carbocycles. The summed E-state index contributed by atoms with van der Waals surface area (Å²) in [6, 6.07) is 10.6. The highest BCUT2D eigenvalue weighted by Gasteiger charge is 2.22. The van der Waals surface area contributed by atoms with Crippen molar-refractivity contribution in [1.82, 2.24) is 4.98 Å². The Morgan fingerprint density at radius 1 is 1.39 bits per heavy atom. The first-order chi connectivity index (χ1) is 11.2. The van der Waals surface area contributed by atoms with Gasteiger partial charge >= 0.3 is 0 Å². The van der Waals surface area contributed by atoms with Crippen LogP contribution in [0, 0.1) is 5.92 Å². The summed E-state index contributed by atoms with van der Waals surface area (Å²) in [5.41, 5.74) is 8.80. The summed E-state index contributed by atoms with van der Waals surface area (Å²) in [5.74, 6) is 0.359. The molecule has 1 aliphatic rings. The molecule has 1 saturated heterocycles. The second-order valence-corrected chi connectivity index (χ2v) is 6.46. The number of carbonyl (C=O) groups is 1. The smallest absolute Gasteiger partial charge is 0.217 e. The van der Waals surface area contributed by atoms with Crippen LogP contribution in [0.4, 0.5) is 5.69 Å². The van der Waals surface area contributed by atoms with E-state index in [0.717, 1.165) is 37.1 Å². The number of rotatable bonds is 5. The standard InChI is InChI=1S/C19H25N3O/c1-2-15-12-18(16-7-3-4-8-17(16)21-15)22-11-5-6-14(13-22)9-10-19(20)23/h3-4,7-8,12,14H,2,5-6,9-11,13H2,1H3,(H2,20,23). The fourth-order valence-corrected chi connectivity index (χ4v) is 3.52. The molecule has 1 aromatic carbocycles. The van der Waals surface area contributed by atoms with Crippen molar-refractivity contribution < 1.29 is 4.79 Å². The van der Waals surface area contributed by atoms with Crippen LogP contribution in [0.2, 0.25) is 0 Å². The molecule has 0 spiro atoms.